The van der Waals surface area contributed by atoms with Gasteiger partial charge in [0.25, 0.3) is 0 Å². The van der Waals surface area contributed by atoms with Crippen molar-refractivity contribution < 1.29 is 33.7 Å². The van der Waals surface area contributed by atoms with Gasteiger partial charge in [-0.05, 0) is 55.7 Å². The van der Waals surface area contributed by atoms with Crippen LogP contribution in [0.1, 0.15) is 40.0 Å². The Morgan fingerprint density at radius 3 is 2.50 bits per heavy atom. The summed E-state index contributed by atoms with van der Waals surface area (Å²) in [7, 11) is 0. The molecule has 4 rings (SSSR count). The molecule has 0 saturated heterocycles. The monoisotopic (exact) mass is 396 g/mol. The number of fused-ring (bicyclic) bond motifs is 5. The summed E-state index contributed by atoms with van der Waals surface area (Å²) in [4.78, 5) is 23.7. The zero-order chi connectivity index (χ0) is 20.9. The summed E-state index contributed by atoms with van der Waals surface area (Å²) in [6.07, 6.45) is 0.214. The van der Waals surface area contributed by atoms with Gasteiger partial charge in [-0.2, -0.15) is 0 Å². The molecule has 7 heteroatoms. The molecule has 3 saturated carbocycles. The van der Waals surface area contributed by atoms with Crippen molar-refractivity contribution in [3.63, 3.8) is 0 Å². The normalized spacial score (nSPS) is 55.2. The fraction of sp³-hybridized carbons (Fsp3) is 0.714. The Morgan fingerprint density at radius 2 is 1.89 bits per heavy atom. The Balaban J connectivity index is 1.88. The highest BCUT2D eigenvalue weighted by molar-refractivity contribution is 6.01. The van der Waals surface area contributed by atoms with Crippen LogP contribution in [0.3, 0.4) is 0 Å². The van der Waals surface area contributed by atoms with Gasteiger partial charge in [0, 0.05) is 16.7 Å². The molecule has 0 aliphatic heterocycles. The molecule has 4 aliphatic rings. The van der Waals surface area contributed by atoms with E-state index < -0.39 is 63.9 Å². The molecular weight excluding hydrogens is 370 g/mol. The maximum Gasteiger partial charge on any atom is 0.336 e. The van der Waals surface area contributed by atoms with Crippen LogP contribution in [0.2, 0.25) is 0 Å². The van der Waals surface area contributed by atoms with E-state index in [9.17, 15) is 24.9 Å². The molecule has 0 aromatic rings. The third-order valence-corrected chi connectivity index (χ3v) is 8.54. The van der Waals surface area contributed by atoms with Crippen molar-refractivity contribution in [3.05, 3.63) is 23.8 Å². The number of halogens is 2. The third-order valence-electron chi connectivity index (χ3n) is 8.54. The lowest BCUT2D eigenvalue weighted by molar-refractivity contribution is -0.229. The number of carboxylic acid groups (broad SMARTS) is 1. The van der Waals surface area contributed by atoms with Crippen LogP contribution in [-0.2, 0) is 9.59 Å². The number of carbonyl (C=O) groups excluding carboxylic acids is 1. The van der Waals surface area contributed by atoms with Crippen LogP contribution < -0.4 is 0 Å². The lowest BCUT2D eigenvalue weighted by Crippen LogP contribution is -2.70. The maximum atomic E-state index is 16.8. The summed E-state index contributed by atoms with van der Waals surface area (Å²) in [6, 6.07) is 0. The largest absolute Gasteiger partial charge is 0.479 e. The zero-order valence-corrected chi connectivity index (χ0v) is 16.2. The highest BCUT2D eigenvalue weighted by atomic mass is 19.1. The van der Waals surface area contributed by atoms with Crippen LogP contribution in [0.25, 0.3) is 0 Å². The maximum absolute atomic E-state index is 16.8. The highest BCUT2D eigenvalue weighted by Crippen LogP contribution is 2.70. The van der Waals surface area contributed by atoms with E-state index in [4.69, 9.17) is 0 Å². The van der Waals surface area contributed by atoms with Crippen molar-refractivity contribution >= 4 is 11.8 Å². The smallest absolute Gasteiger partial charge is 0.336 e. The molecule has 0 spiro atoms. The number of alkyl halides is 2. The number of aliphatic hydroxyl groups is 2. The Bertz CT molecular complexity index is 824. The third kappa shape index (κ3) is 1.92. The molecule has 28 heavy (non-hydrogen) atoms. The minimum absolute atomic E-state index is 0.0287. The number of hydrogen-bond donors (Lipinski definition) is 3. The molecular formula is C21H26F2O5. The summed E-state index contributed by atoms with van der Waals surface area (Å²) < 4.78 is 31.9. The lowest BCUT2D eigenvalue weighted by atomic mass is 9.44. The molecule has 4 unspecified atom stereocenters. The van der Waals surface area contributed by atoms with E-state index in [1.165, 1.54) is 19.1 Å². The predicted molar refractivity (Wildman–Crippen MR) is 95.8 cm³/mol. The predicted octanol–water partition coefficient (Wildman–Crippen LogP) is 2.37. The summed E-state index contributed by atoms with van der Waals surface area (Å²) >= 11 is 0. The van der Waals surface area contributed by atoms with Crippen LogP contribution in [0, 0.1) is 28.6 Å². The van der Waals surface area contributed by atoms with Gasteiger partial charge >= 0.3 is 5.97 Å². The number of aliphatic hydroxyl groups excluding tert-OH is 1. The van der Waals surface area contributed by atoms with E-state index in [-0.39, 0.29) is 24.8 Å². The number of hydrogen-bond acceptors (Lipinski definition) is 4. The average Bonchev–Trinajstić information content (AvgIpc) is 2.81. The van der Waals surface area contributed by atoms with Gasteiger partial charge in [-0.3, -0.25) is 4.79 Å². The second kappa shape index (κ2) is 5.51. The minimum atomic E-state index is -2.26. The van der Waals surface area contributed by atoms with E-state index in [1.54, 1.807) is 13.8 Å². The van der Waals surface area contributed by atoms with Crippen LogP contribution in [0.15, 0.2) is 23.8 Å². The molecule has 0 radical (unpaired) electrons. The summed E-state index contributed by atoms with van der Waals surface area (Å²) in [5.41, 5.74) is -7.14. The van der Waals surface area contributed by atoms with E-state index in [0.29, 0.717) is 0 Å². The van der Waals surface area contributed by atoms with E-state index in [0.717, 1.165) is 6.08 Å². The molecule has 0 amide bonds. The Morgan fingerprint density at radius 1 is 1.25 bits per heavy atom. The fourth-order valence-corrected chi connectivity index (χ4v) is 7.00. The molecule has 3 fully saturated rings. The van der Waals surface area contributed by atoms with Crippen LogP contribution in [0.5, 0.6) is 0 Å². The number of ketones is 1. The van der Waals surface area contributed by atoms with Crippen molar-refractivity contribution in [1.29, 1.82) is 0 Å². The van der Waals surface area contributed by atoms with Gasteiger partial charge in [-0.25, -0.2) is 13.6 Å². The number of carbonyl (C=O) groups is 2. The van der Waals surface area contributed by atoms with E-state index in [2.05, 4.69) is 0 Å². The van der Waals surface area contributed by atoms with Crippen LogP contribution in [-0.4, -0.2) is 50.6 Å². The van der Waals surface area contributed by atoms with Crippen molar-refractivity contribution in [2.45, 2.75) is 63.6 Å². The molecule has 0 bridgehead atoms. The number of aliphatic carboxylic acids is 1. The second-order valence-electron chi connectivity index (χ2n) is 9.57. The van der Waals surface area contributed by atoms with Crippen molar-refractivity contribution in [2.75, 3.05) is 0 Å². The first-order valence-electron chi connectivity index (χ1n) is 9.76. The van der Waals surface area contributed by atoms with Gasteiger partial charge in [0.15, 0.2) is 17.1 Å². The van der Waals surface area contributed by atoms with Gasteiger partial charge in [0.1, 0.15) is 6.17 Å². The molecule has 9 atom stereocenters. The Kier molecular flexibility index (Phi) is 3.88. The quantitative estimate of drug-likeness (QED) is 0.633. The second-order valence-corrected chi connectivity index (χ2v) is 9.57. The highest BCUT2D eigenvalue weighted by Gasteiger charge is 2.76. The van der Waals surface area contributed by atoms with E-state index in [1.807, 2.05) is 0 Å². The summed E-state index contributed by atoms with van der Waals surface area (Å²) in [5, 5.41) is 31.8. The standard InChI is InChI=1S/C21H26F2O5/c1-10-6-12-13-8-15(22)14-7-11(24)4-5-18(14,2)20(13,23)16(25)9-19(12,3)21(10,28)17(26)27/h4-5,7,10,12-13,15-16,25,28H,6,8-9H2,1-3H3,(H,26,27)/t10-,12+,13?,15+,16?,18?,19+,20?,21+/m1/s1. The van der Waals surface area contributed by atoms with Gasteiger partial charge in [-0.15, -0.1) is 0 Å². The summed E-state index contributed by atoms with van der Waals surface area (Å²) in [6.45, 7) is 4.67. The molecule has 5 nitrogen and oxygen atoms in total. The van der Waals surface area contributed by atoms with Gasteiger partial charge in [-0.1, -0.05) is 19.9 Å². The average molecular weight is 396 g/mol. The lowest BCUT2D eigenvalue weighted by Gasteiger charge is -2.62. The number of carboxylic acids is 1. The first-order chi connectivity index (χ1) is 12.8. The van der Waals surface area contributed by atoms with Gasteiger partial charge < -0.3 is 15.3 Å². The Labute approximate surface area is 162 Å². The van der Waals surface area contributed by atoms with Crippen molar-refractivity contribution in [3.8, 4) is 0 Å². The molecule has 0 aromatic heterocycles. The minimum Gasteiger partial charge on any atom is -0.479 e. The summed E-state index contributed by atoms with van der Waals surface area (Å²) in [5.74, 6) is -4.07. The van der Waals surface area contributed by atoms with Crippen molar-refractivity contribution in [2.24, 2.45) is 28.6 Å². The van der Waals surface area contributed by atoms with Gasteiger partial charge in [0.2, 0.25) is 0 Å². The number of rotatable bonds is 1. The fourth-order valence-electron chi connectivity index (χ4n) is 7.00. The van der Waals surface area contributed by atoms with E-state index >= 15 is 8.78 Å². The van der Waals surface area contributed by atoms with Crippen LogP contribution in [0.4, 0.5) is 8.78 Å². The SMILES string of the molecule is C[C@@H]1C[C@H]2C3C[C@H](F)C4=CC(=O)C=CC4(C)C3(F)C(O)C[C@]2(C)[C@@]1(O)C(=O)O. The molecule has 4 aliphatic carbocycles. The first-order valence-corrected chi connectivity index (χ1v) is 9.76. The molecule has 3 N–H and O–H groups in total. The molecule has 154 valence electrons. The topological polar surface area (TPSA) is 94.8 Å². The molecule has 0 heterocycles. The first kappa shape index (κ1) is 19.7. The van der Waals surface area contributed by atoms with Crippen molar-refractivity contribution in [1.82, 2.24) is 0 Å². The molecule has 0 aromatic carbocycles. The number of allylic oxidation sites excluding steroid dienone is 4. The van der Waals surface area contributed by atoms with Crippen LogP contribution >= 0.6 is 0 Å². The Hall–Kier alpha value is -1.60. The zero-order valence-electron chi connectivity index (χ0n) is 16.2. The van der Waals surface area contributed by atoms with Gasteiger partial charge in [0.05, 0.1) is 6.10 Å².